The summed E-state index contributed by atoms with van der Waals surface area (Å²) >= 11 is 0. The molecule has 3 aliphatic heterocycles. The molecule has 2 aromatic heterocycles. The second kappa shape index (κ2) is 15.6. The Hall–Kier alpha value is -5.23. The summed E-state index contributed by atoms with van der Waals surface area (Å²) in [6.07, 6.45) is 6.67. The minimum Gasteiger partial charge on any atom is -0.453 e. The SMILES string of the molecule is COC(=O)N[C@H](C(=O)N1C[C@@]2(CCCCO2)C[C@H]1c1ncc(-c2ccc(-c3ccc4c(ccc5[nH]c([C@@H]6CCCN6C(=O)[C@@H](C)C(C)C)nc54)c3)cc2)[nH]1)C(C)C. The first-order valence-electron chi connectivity index (χ1n) is 20.6. The van der Waals surface area contributed by atoms with Gasteiger partial charge >= 0.3 is 6.09 Å². The number of imidazole rings is 2. The molecular weight excluding hydrogens is 719 g/mol. The first-order valence-corrected chi connectivity index (χ1v) is 20.6. The Morgan fingerprint density at radius 3 is 2.35 bits per heavy atom. The lowest BCUT2D eigenvalue weighted by molar-refractivity contribution is -0.138. The van der Waals surface area contributed by atoms with E-state index in [1.807, 2.05) is 36.8 Å². The molecule has 3 aromatic carbocycles. The van der Waals surface area contributed by atoms with Crippen LogP contribution in [0.2, 0.25) is 0 Å². The first kappa shape index (κ1) is 38.6. The molecule has 0 radical (unpaired) electrons. The summed E-state index contributed by atoms with van der Waals surface area (Å²) in [5.41, 5.74) is 5.51. The predicted molar refractivity (Wildman–Crippen MR) is 220 cm³/mol. The number of aromatic nitrogens is 4. The highest BCUT2D eigenvalue weighted by molar-refractivity contribution is 6.05. The van der Waals surface area contributed by atoms with Crippen LogP contribution in [-0.4, -0.2) is 86.1 Å². The van der Waals surface area contributed by atoms with E-state index in [0.29, 0.717) is 31.3 Å². The van der Waals surface area contributed by atoms with Crippen LogP contribution in [0.3, 0.4) is 0 Å². The zero-order valence-electron chi connectivity index (χ0n) is 33.9. The summed E-state index contributed by atoms with van der Waals surface area (Å²) in [6.45, 7) is 12.0. The van der Waals surface area contributed by atoms with Gasteiger partial charge in [0.1, 0.15) is 17.7 Å². The lowest BCUT2D eigenvalue weighted by Crippen LogP contribution is -2.52. The van der Waals surface area contributed by atoms with Crippen LogP contribution in [0.5, 0.6) is 0 Å². The van der Waals surface area contributed by atoms with Crippen LogP contribution < -0.4 is 5.32 Å². The maximum atomic E-state index is 14.1. The van der Waals surface area contributed by atoms with Gasteiger partial charge in [-0.3, -0.25) is 9.59 Å². The van der Waals surface area contributed by atoms with E-state index in [0.717, 1.165) is 88.7 Å². The molecule has 5 atom stereocenters. The summed E-state index contributed by atoms with van der Waals surface area (Å²) in [6, 6.07) is 18.0. The van der Waals surface area contributed by atoms with Gasteiger partial charge in [0, 0.05) is 30.9 Å². The van der Waals surface area contributed by atoms with Crippen molar-refractivity contribution in [2.24, 2.45) is 17.8 Å². The van der Waals surface area contributed by atoms with Crippen molar-refractivity contribution in [3.8, 4) is 22.4 Å². The van der Waals surface area contributed by atoms with E-state index >= 15 is 0 Å². The average Bonchev–Trinajstić information content (AvgIpc) is 4.05. The van der Waals surface area contributed by atoms with Crippen molar-refractivity contribution in [2.45, 2.75) is 96.9 Å². The van der Waals surface area contributed by atoms with Crippen molar-refractivity contribution in [3.63, 3.8) is 0 Å². The van der Waals surface area contributed by atoms with Gasteiger partial charge < -0.3 is 34.6 Å². The molecule has 57 heavy (non-hydrogen) atoms. The molecule has 12 heteroatoms. The molecule has 5 heterocycles. The number of fused-ring (bicyclic) bond motifs is 3. The molecule has 12 nitrogen and oxygen atoms in total. The molecule has 0 aliphatic carbocycles. The lowest BCUT2D eigenvalue weighted by atomic mass is 9.91. The van der Waals surface area contributed by atoms with Crippen molar-refractivity contribution in [3.05, 3.63) is 72.4 Å². The van der Waals surface area contributed by atoms with Crippen LogP contribution in [0.4, 0.5) is 4.79 Å². The number of benzene rings is 3. The van der Waals surface area contributed by atoms with Crippen molar-refractivity contribution in [1.82, 2.24) is 35.1 Å². The summed E-state index contributed by atoms with van der Waals surface area (Å²) in [7, 11) is 1.30. The van der Waals surface area contributed by atoms with Gasteiger partial charge in [-0.25, -0.2) is 14.8 Å². The van der Waals surface area contributed by atoms with Gasteiger partial charge in [-0.1, -0.05) is 77.1 Å². The van der Waals surface area contributed by atoms with Crippen molar-refractivity contribution < 1.29 is 23.9 Å². The maximum Gasteiger partial charge on any atom is 0.407 e. The van der Waals surface area contributed by atoms with Gasteiger partial charge in [-0.15, -0.1) is 0 Å². The van der Waals surface area contributed by atoms with Crippen LogP contribution in [0.25, 0.3) is 44.2 Å². The number of nitrogens with zero attached hydrogens (tertiary/aromatic N) is 4. The standard InChI is InChI=1S/C45H55N7O5/c1-26(2)28(5)42(53)51-20-9-10-36(51)41-47-34-18-16-32-22-31(15-17-33(32)39(34)49-41)29-11-13-30(14-12-29)35-24-46-40(48-35)37-23-45(19-7-8-21-57-45)25-52(37)43(54)38(27(3)4)50-44(55)56-6/h11-18,22,24,26-28,36-38H,7-10,19-21,23,25H2,1-6H3,(H,46,48)(H,47,49)(H,50,55)/t28-,36-,37-,38-,45+/m0/s1. The van der Waals surface area contributed by atoms with Crippen LogP contribution in [0.1, 0.15) is 96.9 Å². The van der Waals surface area contributed by atoms with E-state index in [1.54, 1.807) is 0 Å². The predicted octanol–water partition coefficient (Wildman–Crippen LogP) is 8.32. The quantitative estimate of drug-likeness (QED) is 0.137. The minimum absolute atomic E-state index is 0.0216. The van der Waals surface area contributed by atoms with E-state index in [9.17, 15) is 14.4 Å². The van der Waals surface area contributed by atoms with Crippen LogP contribution >= 0.6 is 0 Å². The number of rotatable bonds is 9. The Kier molecular flexibility index (Phi) is 10.6. The zero-order chi connectivity index (χ0) is 40.0. The highest BCUT2D eigenvalue weighted by Crippen LogP contribution is 2.44. The number of carbonyl (C=O) groups excluding carboxylic acids is 3. The number of nitrogens with one attached hydrogen (secondary N) is 3. The summed E-state index contributed by atoms with van der Waals surface area (Å²) < 4.78 is 11.2. The minimum atomic E-state index is -0.739. The molecule has 3 saturated heterocycles. The number of likely N-dealkylation sites (tertiary alicyclic amines) is 2. The second-order valence-electron chi connectivity index (χ2n) is 17.0. The third-order valence-corrected chi connectivity index (χ3v) is 12.7. The Balaban J connectivity index is 1.02. The lowest BCUT2D eigenvalue weighted by Gasteiger charge is -2.34. The molecule has 1 spiro atoms. The second-order valence-corrected chi connectivity index (χ2v) is 17.0. The molecule has 0 bridgehead atoms. The Morgan fingerprint density at radius 2 is 1.63 bits per heavy atom. The fourth-order valence-electron chi connectivity index (χ4n) is 9.01. The number of amides is 3. The number of H-pyrrole nitrogens is 2. The third kappa shape index (κ3) is 7.40. The van der Waals surface area contributed by atoms with Gasteiger partial charge in [0.05, 0.1) is 54.3 Å². The first-order chi connectivity index (χ1) is 27.4. The molecule has 3 amide bonds. The Morgan fingerprint density at radius 1 is 0.860 bits per heavy atom. The highest BCUT2D eigenvalue weighted by Gasteiger charge is 2.50. The van der Waals surface area contributed by atoms with Gasteiger partial charge in [0.2, 0.25) is 11.8 Å². The summed E-state index contributed by atoms with van der Waals surface area (Å²) in [5, 5.41) is 4.93. The third-order valence-electron chi connectivity index (χ3n) is 12.7. The van der Waals surface area contributed by atoms with Crippen LogP contribution in [0, 0.1) is 17.8 Å². The highest BCUT2D eigenvalue weighted by atomic mass is 16.5. The van der Waals surface area contributed by atoms with Gasteiger partial charge in [-0.05, 0) is 78.1 Å². The van der Waals surface area contributed by atoms with Crippen LogP contribution in [0.15, 0.2) is 60.8 Å². The van der Waals surface area contributed by atoms with Crippen molar-refractivity contribution >= 4 is 39.7 Å². The van der Waals surface area contributed by atoms with E-state index in [2.05, 4.69) is 83.7 Å². The van der Waals surface area contributed by atoms with E-state index in [1.165, 1.54) is 7.11 Å². The summed E-state index contributed by atoms with van der Waals surface area (Å²) in [5.74, 6) is 1.74. The largest absolute Gasteiger partial charge is 0.453 e. The molecule has 0 saturated carbocycles. The number of hydrogen-bond donors (Lipinski definition) is 3. The molecule has 0 unspecified atom stereocenters. The Labute approximate surface area is 334 Å². The monoisotopic (exact) mass is 773 g/mol. The number of carbonyl (C=O) groups is 3. The smallest absolute Gasteiger partial charge is 0.407 e. The molecular formula is C45H55N7O5. The van der Waals surface area contributed by atoms with Gasteiger partial charge in [-0.2, -0.15) is 0 Å². The number of ether oxygens (including phenoxy) is 2. The molecule has 8 rings (SSSR count). The molecule has 3 N–H and O–H groups in total. The summed E-state index contributed by atoms with van der Waals surface area (Å²) in [4.78, 5) is 60.5. The number of aromatic amines is 2. The average molecular weight is 774 g/mol. The topological polar surface area (TPSA) is 146 Å². The number of methoxy groups -OCH3 is 1. The zero-order valence-corrected chi connectivity index (χ0v) is 33.9. The molecule has 300 valence electrons. The fraction of sp³-hybridized carbons (Fsp3) is 0.489. The van der Waals surface area contributed by atoms with Gasteiger partial charge in [0.15, 0.2) is 0 Å². The van der Waals surface area contributed by atoms with E-state index < -0.39 is 17.7 Å². The number of hydrogen-bond acceptors (Lipinski definition) is 7. The van der Waals surface area contributed by atoms with Gasteiger partial charge in [0.25, 0.3) is 0 Å². The fourth-order valence-corrected chi connectivity index (χ4v) is 9.01. The Bertz CT molecular complexity index is 2270. The van der Waals surface area contributed by atoms with E-state index in [-0.39, 0.29) is 35.7 Å². The molecule has 3 aliphatic rings. The van der Waals surface area contributed by atoms with Crippen molar-refractivity contribution in [1.29, 1.82) is 0 Å². The van der Waals surface area contributed by atoms with Crippen LogP contribution in [-0.2, 0) is 19.1 Å². The maximum absolute atomic E-state index is 14.1. The van der Waals surface area contributed by atoms with Crippen molar-refractivity contribution in [2.75, 3.05) is 26.8 Å². The normalized spacial score (nSPS) is 22.2. The number of alkyl carbamates (subject to hydrolysis) is 1. The molecule has 3 fully saturated rings. The van der Waals surface area contributed by atoms with E-state index in [4.69, 9.17) is 19.4 Å². The molecule has 5 aromatic rings.